The SMILES string of the molecule is CCOc1ncnc(NNC(=O)c2ccc(OC)cc2)c1[N+](=O)[O-]. The maximum Gasteiger partial charge on any atom is 0.374 e. The lowest BCUT2D eigenvalue weighted by Crippen LogP contribution is -2.30. The highest BCUT2D eigenvalue weighted by molar-refractivity contribution is 5.95. The third-order valence-electron chi connectivity index (χ3n) is 2.90. The van der Waals surface area contributed by atoms with Crippen molar-refractivity contribution in [3.8, 4) is 11.6 Å². The molecular weight excluding hydrogens is 318 g/mol. The second kappa shape index (κ2) is 7.72. The van der Waals surface area contributed by atoms with E-state index < -0.39 is 16.5 Å². The van der Waals surface area contributed by atoms with Crippen molar-refractivity contribution in [2.24, 2.45) is 0 Å². The molecule has 0 aliphatic rings. The van der Waals surface area contributed by atoms with E-state index in [0.29, 0.717) is 11.3 Å². The average Bonchev–Trinajstić information content (AvgIpc) is 2.59. The summed E-state index contributed by atoms with van der Waals surface area (Å²) in [6, 6.07) is 6.34. The Balaban J connectivity index is 2.14. The summed E-state index contributed by atoms with van der Waals surface area (Å²) in [5.74, 6) is -0.255. The molecule has 0 saturated carbocycles. The van der Waals surface area contributed by atoms with Crippen molar-refractivity contribution in [3.63, 3.8) is 0 Å². The number of hydrogen-bond donors (Lipinski definition) is 2. The van der Waals surface area contributed by atoms with Gasteiger partial charge in [0.15, 0.2) is 0 Å². The van der Waals surface area contributed by atoms with Crippen LogP contribution in [0.4, 0.5) is 11.5 Å². The maximum absolute atomic E-state index is 12.1. The Morgan fingerprint density at radius 2 is 2.00 bits per heavy atom. The number of carbonyl (C=O) groups is 1. The van der Waals surface area contributed by atoms with Gasteiger partial charge < -0.3 is 9.47 Å². The number of rotatable bonds is 7. The molecule has 1 aromatic carbocycles. The van der Waals surface area contributed by atoms with Crippen LogP contribution in [0.1, 0.15) is 17.3 Å². The summed E-state index contributed by atoms with van der Waals surface area (Å²) in [5.41, 5.74) is 4.63. The number of nitrogens with one attached hydrogen (secondary N) is 2. The van der Waals surface area contributed by atoms with Crippen molar-refractivity contribution in [1.29, 1.82) is 0 Å². The van der Waals surface area contributed by atoms with Gasteiger partial charge in [0.2, 0.25) is 5.82 Å². The van der Waals surface area contributed by atoms with Gasteiger partial charge in [0.1, 0.15) is 12.1 Å². The van der Waals surface area contributed by atoms with E-state index in [9.17, 15) is 14.9 Å². The molecule has 0 aliphatic carbocycles. The van der Waals surface area contributed by atoms with Crippen molar-refractivity contribution in [1.82, 2.24) is 15.4 Å². The summed E-state index contributed by atoms with van der Waals surface area (Å²) in [4.78, 5) is 30.0. The fourth-order valence-corrected chi connectivity index (χ4v) is 1.79. The van der Waals surface area contributed by atoms with Gasteiger partial charge in [-0.25, -0.2) is 4.98 Å². The molecule has 0 bridgehead atoms. The fraction of sp³-hybridized carbons (Fsp3) is 0.214. The summed E-state index contributed by atoms with van der Waals surface area (Å²) in [6.45, 7) is 1.87. The number of benzene rings is 1. The van der Waals surface area contributed by atoms with Crippen LogP contribution < -0.4 is 20.3 Å². The number of nitro groups is 1. The van der Waals surface area contributed by atoms with Gasteiger partial charge in [0, 0.05) is 5.56 Å². The standard InChI is InChI=1S/C14H15N5O5/c1-3-24-14-11(19(21)22)12(15-8-16-14)17-18-13(20)9-4-6-10(23-2)7-5-9/h4-8H,3H2,1-2H3,(H,18,20)(H,15,16,17). The zero-order valence-corrected chi connectivity index (χ0v) is 13.0. The molecule has 1 aromatic heterocycles. The summed E-state index contributed by atoms with van der Waals surface area (Å²) in [7, 11) is 1.51. The van der Waals surface area contributed by atoms with E-state index in [4.69, 9.17) is 9.47 Å². The lowest BCUT2D eigenvalue weighted by Gasteiger charge is -2.10. The Morgan fingerprint density at radius 3 is 2.58 bits per heavy atom. The average molecular weight is 333 g/mol. The molecule has 1 heterocycles. The zero-order valence-electron chi connectivity index (χ0n) is 13.0. The molecule has 2 aromatic rings. The second-order valence-electron chi connectivity index (χ2n) is 4.37. The van der Waals surface area contributed by atoms with E-state index in [1.807, 2.05) is 0 Å². The first-order valence-corrected chi connectivity index (χ1v) is 6.89. The number of hydrogen-bond acceptors (Lipinski definition) is 8. The molecular formula is C14H15N5O5. The van der Waals surface area contributed by atoms with Gasteiger partial charge in [0.25, 0.3) is 11.8 Å². The molecule has 2 rings (SSSR count). The van der Waals surface area contributed by atoms with Crippen LogP contribution in [-0.2, 0) is 0 Å². The van der Waals surface area contributed by atoms with Gasteiger partial charge in [-0.1, -0.05) is 0 Å². The van der Waals surface area contributed by atoms with E-state index in [1.165, 1.54) is 7.11 Å². The van der Waals surface area contributed by atoms with Crippen LogP contribution in [0.2, 0.25) is 0 Å². The van der Waals surface area contributed by atoms with E-state index in [0.717, 1.165) is 6.33 Å². The third-order valence-corrected chi connectivity index (χ3v) is 2.90. The van der Waals surface area contributed by atoms with Crippen LogP contribution in [0, 0.1) is 10.1 Å². The minimum absolute atomic E-state index is 0.180. The Kier molecular flexibility index (Phi) is 5.45. The summed E-state index contributed by atoms with van der Waals surface area (Å²) < 4.78 is 10.1. The minimum Gasteiger partial charge on any atom is -0.497 e. The molecule has 0 atom stereocenters. The van der Waals surface area contributed by atoms with Crippen molar-refractivity contribution in [3.05, 3.63) is 46.3 Å². The van der Waals surface area contributed by atoms with Crippen LogP contribution in [0.5, 0.6) is 11.6 Å². The van der Waals surface area contributed by atoms with Gasteiger partial charge in [-0.3, -0.25) is 25.8 Å². The number of hydrazine groups is 1. The number of nitrogens with zero attached hydrogens (tertiary/aromatic N) is 3. The number of anilines is 1. The number of carbonyl (C=O) groups excluding carboxylic acids is 1. The van der Waals surface area contributed by atoms with Gasteiger partial charge in [-0.2, -0.15) is 4.98 Å². The molecule has 1 amide bonds. The van der Waals surface area contributed by atoms with E-state index in [1.54, 1.807) is 31.2 Å². The fourth-order valence-electron chi connectivity index (χ4n) is 1.79. The Bertz CT molecular complexity index is 735. The predicted octanol–water partition coefficient (Wildman–Crippen LogP) is 1.55. The zero-order chi connectivity index (χ0) is 17.5. The van der Waals surface area contributed by atoms with Crippen molar-refractivity contribution in [2.75, 3.05) is 19.1 Å². The molecule has 10 nitrogen and oxygen atoms in total. The Morgan fingerprint density at radius 1 is 1.29 bits per heavy atom. The van der Waals surface area contributed by atoms with Gasteiger partial charge in [0.05, 0.1) is 18.6 Å². The van der Waals surface area contributed by atoms with Crippen LogP contribution in [-0.4, -0.2) is 34.5 Å². The lowest BCUT2D eigenvalue weighted by atomic mass is 10.2. The van der Waals surface area contributed by atoms with E-state index in [2.05, 4.69) is 20.8 Å². The van der Waals surface area contributed by atoms with E-state index >= 15 is 0 Å². The summed E-state index contributed by atoms with van der Waals surface area (Å²) in [5, 5.41) is 11.2. The Hall–Kier alpha value is -3.43. The predicted molar refractivity (Wildman–Crippen MR) is 83.9 cm³/mol. The number of methoxy groups -OCH3 is 1. The molecule has 10 heteroatoms. The van der Waals surface area contributed by atoms with Crippen LogP contribution in [0.25, 0.3) is 0 Å². The second-order valence-corrected chi connectivity index (χ2v) is 4.37. The topological polar surface area (TPSA) is 129 Å². The maximum atomic E-state index is 12.1. The van der Waals surface area contributed by atoms with Crippen molar-refractivity contribution >= 4 is 17.4 Å². The summed E-state index contributed by atoms with van der Waals surface area (Å²) >= 11 is 0. The quantitative estimate of drug-likeness (QED) is 0.577. The largest absolute Gasteiger partial charge is 0.497 e. The molecule has 126 valence electrons. The first kappa shape index (κ1) is 16.9. The first-order chi connectivity index (χ1) is 11.6. The highest BCUT2D eigenvalue weighted by Crippen LogP contribution is 2.30. The molecule has 24 heavy (non-hydrogen) atoms. The molecule has 0 spiro atoms. The highest BCUT2D eigenvalue weighted by atomic mass is 16.6. The minimum atomic E-state index is -0.688. The lowest BCUT2D eigenvalue weighted by molar-refractivity contribution is -0.385. The smallest absolute Gasteiger partial charge is 0.374 e. The molecule has 0 radical (unpaired) electrons. The van der Waals surface area contributed by atoms with E-state index in [-0.39, 0.29) is 18.3 Å². The Labute approximate surface area is 136 Å². The molecule has 0 saturated heterocycles. The number of ether oxygens (including phenoxy) is 2. The monoisotopic (exact) mass is 333 g/mol. The van der Waals surface area contributed by atoms with Gasteiger partial charge in [-0.05, 0) is 31.2 Å². The summed E-state index contributed by atoms with van der Waals surface area (Å²) in [6.07, 6.45) is 1.10. The van der Waals surface area contributed by atoms with Gasteiger partial charge in [-0.15, -0.1) is 0 Å². The first-order valence-electron chi connectivity index (χ1n) is 6.89. The van der Waals surface area contributed by atoms with Crippen molar-refractivity contribution in [2.45, 2.75) is 6.92 Å². The normalized spacial score (nSPS) is 9.92. The molecule has 2 N–H and O–H groups in total. The highest BCUT2D eigenvalue weighted by Gasteiger charge is 2.24. The third kappa shape index (κ3) is 3.85. The number of amides is 1. The molecule has 0 unspecified atom stereocenters. The van der Waals surface area contributed by atoms with Crippen LogP contribution in [0.3, 0.4) is 0 Å². The van der Waals surface area contributed by atoms with Crippen LogP contribution >= 0.6 is 0 Å². The van der Waals surface area contributed by atoms with Crippen molar-refractivity contribution < 1.29 is 19.2 Å². The van der Waals surface area contributed by atoms with Gasteiger partial charge >= 0.3 is 5.69 Å². The molecule has 0 aliphatic heterocycles. The molecule has 0 fully saturated rings. The number of aromatic nitrogens is 2. The van der Waals surface area contributed by atoms with Crippen LogP contribution in [0.15, 0.2) is 30.6 Å².